The minimum atomic E-state index is 0.333. The average Bonchev–Trinajstić information content (AvgIpc) is 2.39. The van der Waals surface area contributed by atoms with E-state index in [9.17, 15) is 5.11 Å². The quantitative estimate of drug-likeness (QED) is 0.846. The van der Waals surface area contributed by atoms with Gasteiger partial charge < -0.3 is 10.5 Å². The summed E-state index contributed by atoms with van der Waals surface area (Å²) in [4.78, 5) is 3.99. The minimum absolute atomic E-state index is 0.333. The first-order chi connectivity index (χ1) is 8.81. The minimum Gasteiger partial charge on any atom is -0.508 e. The molecule has 0 fully saturated rings. The number of nitrogens with zero attached hydrogens (tertiary/aromatic N) is 2. The SMILES string of the molecule is Oc1ccc2c(c1)CN(Nc1ccncc1)CC2. The fraction of sp³-hybridized carbons (Fsp3) is 0.214. The summed E-state index contributed by atoms with van der Waals surface area (Å²) < 4.78 is 0. The normalized spacial score (nSPS) is 15.1. The first-order valence-corrected chi connectivity index (χ1v) is 6.04. The van der Waals surface area contributed by atoms with Crippen molar-refractivity contribution in [3.63, 3.8) is 0 Å². The molecule has 1 aromatic heterocycles. The Morgan fingerprint density at radius 3 is 2.78 bits per heavy atom. The van der Waals surface area contributed by atoms with E-state index in [0.29, 0.717) is 5.75 Å². The van der Waals surface area contributed by atoms with Crippen LogP contribution in [0.1, 0.15) is 11.1 Å². The molecule has 0 saturated heterocycles. The van der Waals surface area contributed by atoms with Crippen LogP contribution in [0, 0.1) is 0 Å². The standard InChI is InChI=1S/C14H15N3O/c18-14-2-1-11-5-8-17(10-12(11)9-14)16-13-3-6-15-7-4-13/h1-4,6-7,9,18H,5,8,10H2,(H,15,16). The van der Waals surface area contributed by atoms with Crippen molar-refractivity contribution in [2.75, 3.05) is 12.0 Å². The van der Waals surface area contributed by atoms with Crippen LogP contribution in [0.5, 0.6) is 5.75 Å². The molecule has 0 aliphatic carbocycles. The summed E-state index contributed by atoms with van der Waals surface area (Å²) >= 11 is 0. The lowest BCUT2D eigenvalue weighted by molar-refractivity contribution is 0.307. The first-order valence-electron chi connectivity index (χ1n) is 6.04. The molecule has 0 saturated carbocycles. The number of nitrogens with one attached hydrogen (secondary N) is 1. The maximum absolute atomic E-state index is 9.52. The van der Waals surface area contributed by atoms with E-state index in [1.54, 1.807) is 18.5 Å². The molecule has 4 heteroatoms. The molecule has 0 radical (unpaired) electrons. The zero-order valence-corrected chi connectivity index (χ0v) is 10.0. The summed E-state index contributed by atoms with van der Waals surface area (Å²) in [5.74, 6) is 0.333. The maximum atomic E-state index is 9.52. The van der Waals surface area contributed by atoms with Crippen molar-refractivity contribution in [1.82, 2.24) is 9.99 Å². The summed E-state index contributed by atoms with van der Waals surface area (Å²) in [5.41, 5.74) is 6.89. The number of anilines is 1. The highest BCUT2D eigenvalue weighted by Crippen LogP contribution is 2.23. The number of fused-ring (bicyclic) bond motifs is 1. The van der Waals surface area contributed by atoms with Gasteiger partial charge in [0.05, 0.1) is 5.69 Å². The molecule has 0 unspecified atom stereocenters. The Kier molecular flexibility index (Phi) is 2.86. The van der Waals surface area contributed by atoms with Crippen molar-refractivity contribution < 1.29 is 5.11 Å². The Bertz CT molecular complexity index is 542. The lowest BCUT2D eigenvalue weighted by atomic mass is 10.0. The number of aromatic nitrogens is 1. The number of hydrogen-bond donors (Lipinski definition) is 2. The molecule has 0 bridgehead atoms. The van der Waals surface area contributed by atoms with Crippen LogP contribution >= 0.6 is 0 Å². The molecular weight excluding hydrogens is 226 g/mol. The molecule has 1 aliphatic rings. The number of hydrazine groups is 1. The van der Waals surface area contributed by atoms with Gasteiger partial charge in [-0.25, -0.2) is 5.01 Å². The first kappa shape index (κ1) is 11.0. The lowest BCUT2D eigenvalue weighted by Gasteiger charge is -2.29. The highest BCUT2D eigenvalue weighted by molar-refractivity contribution is 5.41. The van der Waals surface area contributed by atoms with Crippen molar-refractivity contribution in [3.05, 3.63) is 53.9 Å². The second-order valence-electron chi connectivity index (χ2n) is 4.47. The van der Waals surface area contributed by atoms with Crippen molar-refractivity contribution in [2.24, 2.45) is 0 Å². The van der Waals surface area contributed by atoms with Crippen molar-refractivity contribution in [1.29, 1.82) is 0 Å². The summed E-state index contributed by atoms with van der Waals surface area (Å²) in [5, 5.41) is 11.7. The van der Waals surface area contributed by atoms with E-state index in [0.717, 1.165) is 25.2 Å². The highest BCUT2D eigenvalue weighted by Gasteiger charge is 2.16. The summed E-state index contributed by atoms with van der Waals surface area (Å²) in [6, 6.07) is 9.49. The molecule has 2 aromatic rings. The van der Waals surface area contributed by atoms with Crippen LogP contribution in [-0.4, -0.2) is 21.6 Å². The van der Waals surface area contributed by atoms with Crippen LogP contribution in [0.3, 0.4) is 0 Å². The third-order valence-corrected chi connectivity index (χ3v) is 3.17. The Labute approximate surface area is 106 Å². The molecule has 2 N–H and O–H groups in total. The van der Waals surface area contributed by atoms with Gasteiger partial charge in [-0.15, -0.1) is 0 Å². The molecule has 92 valence electrons. The van der Waals surface area contributed by atoms with Crippen LogP contribution in [-0.2, 0) is 13.0 Å². The summed E-state index contributed by atoms with van der Waals surface area (Å²) in [6.07, 6.45) is 4.53. The smallest absolute Gasteiger partial charge is 0.115 e. The fourth-order valence-electron chi connectivity index (χ4n) is 2.25. The van der Waals surface area contributed by atoms with E-state index in [4.69, 9.17) is 0 Å². The number of pyridine rings is 1. The number of hydrogen-bond acceptors (Lipinski definition) is 4. The molecule has 0 amide bonds. The number of rotatable bonds is 2. The van der Waals surface area contributed by atoms with Crippen LogP contribution in [0.15, 0.2) is 42.7 Å². The molecule has 18 heavy (non-hydrogen) atoms. The predicted octanol–water partition coefficient (Wildman–Crippen LogP) is 2.17. The zero-order valence-electron chi connectivity index (χ0n) is 10.0. The number of phenolic OH excluding ortho intramolecular Hbond substituents is 1. The van der Waals surface area contributed by atoms with Gasteiger partial charge in [-0.3, -0.25) is 4.98 Å². The van der Waals surface area contributed by atoms with Crippen molar-refractivity contribution in [3.8, 4) is 5.75 Å². The average molecular weight is 241 g/mol. The van der Waals surface area contributed by atoms with E-state index in [1.807, 2.05) is 24.3 Å². The highest BCUT2D eigenvalue weighted by atomic mass is 16.3. The van der Waals surface area contributed by atoms with E-state index in [-0.39, 0.29) is 0 Å². The third-order valence-electron chi connectivity index (χ3n) is 3.17. The summed E-state index contributed by atoms with van der Waals surface area (Å²) in [6.45, 7) is 1.76. The van der Waals surface area contributed by atoms with Crippen molar-refractivity contribution >= 4 is 5.69 Å². The fourth-order valence-corrected chi connectivity index (χ4v) is 2.25. The van der Waals surface area contributed by atoms with E-state index < -0.39 is 0 Å². The molecule has 0 spiro atoms. The van der Waals surface area contributed by atoms with Crippen LogP contribution in [0.4, 0.5) is 5.69 Å². The predicted molar refractivity (Wildman–Crippen MR) is 70.1 cm³/mol. The lowest BCUT2D eigenvalue weighted by Crippen LogP contribution is -2.35. The molecule has 1 aromatic carbocycles. The molecule has 0 atom stereocenters. The maximum Gasteiger partial charge on any atom is 0.115 e. The van der Waals surface area contributed by atoms with Gasteiger partial charge in [-0.2, -0.15) is 0 Å². The van der Waals surface area contributed by atoms with E-state index in [1.165, 1.54) is 11.1 Å². The molecule has 4 nitrogen and oxygen atoms in total. The van der Waals surface area contributed by atoms with Crippen LogP contribution in [0.2, 0.25) is 0 Å². The second-order valence-corrected chi connectivity index (χ2v) is 4.47. The van der Waals surface area contributed by atoms with E-state index >= 15 is 0 Å². The number of aromatic hydroxyl groups is 1. The zero-order chi connectivity index (χ0) is 12.4. The van der Waals surface area contributed by atoms with Gasteiger partial charge in [-0.1, -0.05) is 6.07 Å². The van der Waals surface area contributed by atoms with Gasteiger partial charge in [0.25, 0.3) is 0 Å². The largest absolute Gasteiger partial charge is 0.508 e. The second kappa shape index (κ2) is 4.66. The molecular formula is C14H15N3O. The van der Waals surface area contributed by atoms with Gasteiger partial charge >= 0.3 is 0 Å². The van der Waals surface area contributed by atoms with Gasteiger partial charge in [0.15, 0.2) is 0 Å². The Hall–Kier alpha value is -2.07. The van der Waals surface area contributed by atoms with Gasteiger partial charge in [-0.05, 0) is 41.8 Å². The number of phenols is 1. The topological polar surface area (TPSA) is 48.4 Å². The Morgan fingerprint density at radius 1 is 1.11 bits per heavy atom. The van der Waals surface area contributed by atoms with Gasteiger partial charge in [0, 0.05) is 25.5 Å². The molecule has 1 aliphatic heterocycles. The van der Waals surface area contributed by atoms with Gasteiger partial charge in [0.2, 0.25) is 0 Å². The summed E-state index contributed by atoms with van der Waals surface area (Å²) in [7, 11) is 0. The monoisotopic (exact) mass is 241 g/mol. The van der Waals surface area contributed by atoms with Crippen LogP contribution < -0.4 is 5.43 Å². The molecule has 2 heterocycles. The third kappa shape index (κ3) is 2.28. The van der Waals surface area contributed by atoms with Crippen molar-refractivity contribution in [2.45, 2.75) is 13.0 Å². The Morgan fingerprint density at radius 2 is 1.94 bits per heavy atom. The number of benzene rings is 1. The van der Waals surface area contributed by atoms with E-state index in [2.05, 4.69) is 15.4 Å². The Balaban J connectivity index is 1.75. The molecule has 3 rings (SSSR count). The van der Waals surface area contributed by atoms with Crippen LogP contribution in [0.25, 0.3) is 0 Å². The van der Waals surface area contributed by atoms with Gasteiger partial charge in [0.1, 0.15) is 5.75 Å².